The predicted octanol–water partition coefficient (Wildman–Crippen LogP) is 4.31. The van der Waals surface area contributed by atoms with Crippen LogP contribution >= 0.6 is 23.2 Å². The number of pyridine rings is 1. The monoisotopic (exact) mass is 368 g/mol. The lowest BCUT2D eigenvalue weighted by molar-refractivity contribution is 0.425. The van der Waals surface area contributed by atoms with Crippen molar-refractivity contribution in [3.8, 4) is 5.75 Å². The minimum atomic E-state index is -1.99. The summed E-state index contributed by atoms with van der Waals surface area (Å²) in [6.07, 6.45) is 1.51. The van der Waals surface area contributed by atoms with E-state index in [1.807, 2.05) is 0 Å². The lowest BCUT2D eigenvalue weighted by atomic mass is 10.2. The van der Waals surface area contributed by atoms with Crippen LogP contribution in [0, 0.1) is 0 Å². The number of hydrogen-bond acceptors (Lipinski definition) is 5. The van der Waals surface area contributed by atoms with Crippen molar-refractivity contribution >= 4 is 50.9 Å². The Labute approximate surface area is 144 Å². The molecule has 0 amide bonds. The van der Waals surface area contributed by atoms with Gasteiger partial charge < -0.3 is 5.11 Å². The Morgan fingerprint density at radius 3 is 2.65 bits per heavy atom. The summed E-state index contributed by atoms with van der Waals surface area (Å²) >= 11 is 9.93. The molecule has 1 heterocycles. The van der Waals surface area contributed by atoms with Gasteiger partial charge in [0.25, 0.3) is 0 Å². The molecule has 1 atom stereocenters. The number of nitrogens with zero attached hydrogens (tertiary/aromatic N) is 1. The number of fused-ring (bicyclic) bond motifs is 1. The molecule has 0 spiro atoms. The van der Waals surface area contributed by atoms with Gasteiger partial charge in [-0.25, -0.2) is 4.21 Å². The van der Waals surface area contributed by atoms with Crippen molar-refractivity contribution in [2.24, 2.45) is 0 Å². The highest BCUT2D eigenvalue weighted by molar-refractivity contribution is 7.80. The Kier molecular flexibility index (Phi) is 4.68. The number of aromatic nitrogens is 1. The molecule has 118 valence electrons. The Morgan fingerprint density at radius 2 is 1.91 bits per heavy atom. The second-order valence-electron chi connectivity index (χ2n) is 4.53. The van der Waals surface area contributed by atoms with Gasteiger partial charge in [-0.3, -0.25) is 10.5 Å². The molecule has 8 heteroatoms. The highest BCUT2D eigenvalue weighted by Crippen LogP contribution is 2.35. The molecule has 0 radical (unpaired) electrons. The maximum absolute atomic E-state index is 12.3. The van der Waals surface area contributed by atoms with Crippen LogP contribution in [-0.4, -0.2) is 14.3 Å². The maximum Gasteiger partial charge on any atom is 0.216 e. The van der Waals surface area contributed by atoms with Gasteiger partial charge in [0.05, 0.1) is 10.7 Å². The van der Waals surface area contributed by atoms with Gasteiger partial charge in [0.15, 0.2) is 5.75 Å². The average molecular weight is 369 g/mol. The van der Waals surface area contributed by atoms with E-state index in [1.54, 1.807) is 36.4 Å². The van der Waals surface area contributed by atoms with Crippen molar-refractivity contribution < 1.29 is 13.6 Å². The molecule has 23 heavy (non-hydrogen) atoms. The number of phenolic OH excluding ortho intramolecular Hbond substituents is 1. The minimum absolute atomic E-state index is 0.0302. The molecule has 5 nitrogen and oxygen atoms in total. The standard InChI is InChI=1S/C15H10Cl2N2O3S/c16-9-3-5-10(6-4-9)19-22-23(21)13-8-12(17)11-2-1-7-18-14(11)15(13)20/h1-8,19-20H. The highest BCUT2D eigenvalue weighted by atomic mass is 35.5. The molecule has 0 saturated heterocycles. The molecule has 0 aliphatic heterocycles. The maximum atomic E-state index is 12.3. The van der Waals surface area contributed by atoms with Gasteiger partial charge in [-0.05, 0) is 42.5 Å². The Bertz CT molecular complexity index is 888. The third kappa shape index (κ3) is 3.40. The number of benzene rings is 2. The zero-order chi connectivity index (χ0) is 16.4. The summed E-state index contributed by atoms with van der Waals surface area (Å²) in [5.74, 6) is -0.235. The first kappa shape index (κ1) is 16.0. The number of phenols is 1. The molecule has 1 aromatic heterocycles. The van der Waals surface area contributed by atoms with E-state index in [4.69, 9.17) is 27.5 Å². The van der Waals surface area contributed by atoms with E-state index in [-0.39, 0.29) is 16.2 Å². The fourth-order valence-electron chi connectivity index (χ4n) is 1.94. The lowest BCUT2D eigenvalue weighted by Gasteiger charge is -2.10. The van der Waals surface area contributed by atoms with Gasteiger partial charge in [-0.1, -0.05) is 23.2 Å². The summed E-state index contributed by atoms with van der Waals surface area (Å²) in [6, 6.07) is 11.4. The van der Waals surface area contributed by atoms with Crippen LogP contribution in [0.4, 0.5) is 5.69 Å². The normalized spacial score (nSPS) is 12.3. The minimum Gasteiger partial charge on any atom is -0.504 e. The number of rotatable bonds is 4. The van der Waals surface area contributed by atoms with Crippen LogP contribution in [-0.2, 0) is 15.4 Å². The molecule has 0 aliphatic carbocycles. The summed E-state index contributed by atoms with van der Waals surface area (Å²) in [7, 11) is 0. The van der Waals surface area contributed by atoms with E-state index in [9.17, 15) is 9.32 Å². The molecule has 0 saturated carbocycles. The Morgan fingerprint density at radius 1 is 1.17 bits per heavy atom. The summed E-state index contributed by atoms with van der Waals surface area (Å²) in [5, 5.41) is 11.7. The van der Waals surface area contributed by atoms with E-state index in [1.165, 1.54) is 12.3 Å². The molecule has 2 N–H and O–H groups in total. The molecule has 0 aliphatic rings. The number of nitrogens with one attached hydrogen (secondary N) is 1. The molecular formula is C15H10Cl2N2O3S. The molecule has 2 aromatic carbocycles. The highest BCUT2D eigenvalue weighted by Gasteiger charge is 2.17. The van der Waals surface area contributed by atoms with Gasteiger partial charge >= 0.3 is 0 Å². The van der Waals surface area contributed by atoms with Crippen LogP contribution in [0.5, 0.6) is 5.75 Å². The van der Waals surface area contributed by atoms with Crippen molar-refractivity contribution in [3.63, 3.8) is 0 Å². The second kappa shape index (κ2) is 6.72. The first-order valence-corrected chi connectivity index (χ1v) is 8.26. The predicted molar refractivity (Wildman–Crippen MR) is 91.0 cm³/mol. The van der Waals surface area contributed by atoms with Crippen molar-refractivity contribution in [2.45, 2.75) is 4.90 Å². The molecule has 0 fully saturated rings. The third-order valence-corrected chi connectivity index (χ3v) is 4.51. The fourth-order valence-corrected chi connectivity index (χ4v) is 3.12. The van der Waals surface area contributed by atoms with Gasteiger partial charge in [-0.15, -0.1) is 0 Å². The number of aromatic hydroxyl groups is 1. The van der Waals surface area contributed by atoms with E-state index < -0.39 is 11.1 Å². The largest absolute Gasteiger partial charge is 0.504 e. The van der Waals surface area contributed by atoms with Crippen LogP contribution in [0.1, 0.15) is 0 Å². The van der Waals surface area contributed by atoms with E-state index in [0.29, 0.717) is 21.1 Å². The SMILES string of the molecule is O=S(ONc1ccc(Cl)cc1)c1cc(Cl)c2cccnc2c1O. The first-order valence-electron chi connectivity index (χ1n) is 6.43. The van der Waals surface area contributed by atoms with Crippen molar-refractivity contribution in [1.82, 2.24) is 4.98 Å². The summed E-state index contributed by atoms with van der Waals surface area (Å²) in [4.78, 5) is 4.08. The van der Waals surface area contributed by atoms with Crippen LogP contribution in [0.2, 0.25) is 10.0 Å². The van der Waals surface area contributed by atoms with E-state index >= 15 is 0 Å². The van der Waals surface area contributed by atoms with Crippen molar-refractivity contribution in [3.05, 3.63) is 58.7 Å². The second-order valence-corrected chi connectivity index (χ2v) is 6.45. The Hall–Kier alpha value is -1.86. The summed E-state index contributed by atoms with van der Waals surface area (Å²) < 4.78 is 17.3. The van der Waals surface area contributed by atoms with Crippen molar-refractivity contribution in [2.75, 3.05) is 5.48 Å². The number of anilines is 1. The molecule has 3 aromatic rings. The van der Waals surface area contributed by atoms with Gasteiger partial charge in [0.2, 0.25) is 11.1 Å². The number of hydrogen-bond donors (Lipinski definition) is 2. The zero-order valence-electron chi connectivity index (χ0n) is 11.5. The molecule has 3 rings (SSSR count). The van der Waals surface area contributed by atoms with Crippen LogP contribution in [0.25, 0.3) is 10.9 Å². The summed E-state index contributed by atoms with van der Waals surface area (Å²) in [6.45, 7) is 0. The first-order chi connectivity index (χ1) is 11.1. The fraction of sp³-hybridized carbons (Fsp3) is 0. The van der Waals surface area contributed by atoms with Gasteiger partial charge in [0.1, 0.15) is 10.4 Å². The van der Waals surface area contributed by atoms with Crippen LogP contribution in [0.15, 0.2) is 53.6 Å². The van der Waals surface area contributed by atoms with Crippen LogP contribution < -0.4 is 5.48 Å². The third-order valence-electron chi connectivity index (χ3n) is 3.04. The lowest BCUT2D eigenvalue weighted by Crippen LogP contribution is -2.05. The molecule has 0 bridgehead atoms. The smallest absolute Gasteiger partial charge is 0.216 e. The van der Waals surface area contributed by atoms with Crippen molar-refractivity contribution in [1.29, 1.82) is 0 Å². The summed E-state index contributed by atoms with van der Waals surface area (Å²) in [5.41, 5.74) is 3.36. The van der Waals surface area contributed by atoms with E-state index in [0.717, 1.165) is 0 Å². The van der Waals surface area contributed by atoms with Gasteiger partial charge in [0, 0.05) is 16.6 Å². The zero-order valence-corrected chi connectivity index (χ0v) is 13.8. The topological polar surface area (TPSA) is 71.5 Å². The quantitative estimate of drug-likeness (QED) is 0.671. The molecule has 1 unspecified atom stereocenters. The van der Waals surface area contributed by atoms with Crippen LogP contribution in [0.3, 0.4) is 0 Å². The van der Waals surface area contributed by atoms with E-state index in [2.05, 4.69) is 10.5 Å². The number of halogens is 2. The molecular weight excluding hydrogens is 359 g/mol. The average Bonchev–Trinajstić information content (AvgIpc) is 2.57. The van der Waals surface area contributed by atoms with Gasteiger partial charge in [-0.2, -0.15) is 4.28 Å². The Balaban J connectivity index is 1.86.